The van der Waals surface area contributed by atoms with E-state index in [1.165, 1.54) is 11.3 Å². The lowest BCUT2D eigenvalue weighted by Gasteiger charge is -2.11. The van der Waals surface area contributed by atoms with Crippen molar-refractivity contribution in [2.45, 2.75) is 13.3 Å². The summed E-state index contributed by atoms with van der Waals surface area (Å²) in [5.74, 6) is 1.51. The van der Waals surface area contributed by atoms with E-state index in [-0.39, 0.29) is 12.5 Å². The number of allylic oxidation sites excluding steroid dienone is 1. The van der Waals surface area contributed by atoms with Crippen molar-refractivity contribution in [1.82, 2.24) is 4.98 Å². The number of carbonyl (C=O) groups is 1. The van der Waals surface area contributed by atoms with E-state index in [9.17, 15) is 4.79 Å². The number of aromatic nitrogens is 1. The normalized spacial score (nSPS) is 10.4. The SMILES string of the molecule is C=CCc1ccc(OCC(=O)Nc2nc(-c3cc(C)ccc3OC)cs2)c(OC)c1. The van der Waals surface area contributed by atoms with Gasteiger partial charge in [-0.05, 0) is 43.2 Å². The zero-order chi connectivity index (χ0) is 21.5. The molecule has 0 saturated heterocycles. The van der Waals surface area contributed by atoms with Crippen LogP contribution in [0.5, 0.6) is 17.2 Å². The third-order valence-corrected chi connectivity index (χ3v) is 5.11. The van der Waals surface area contributed by atoms with Gasteiger partial charge in [0, 0.05) is 10.9 Å². The van der Waals surface area contributed by atoms with Crippen molar-refractivity contribution in [2.24, 2.45) is 0 Å². The average molecular weight is 425 g/mol. The van der Waals surface area contributed by atoms with Gasteiger partial charge in [0.05, 0.1) is 19.9 Å². The monoisotopic (exact) mass is 424 g/mol. The second-order valence-corrected chi connectivity index (χ2v) is 7.41. The number of hydrogen-bond donors (Lipinski definition) is 1. The molecule has 3 aromatic rings. The zero-order valence-electron chi connectivity index (χ0n) is 17.2. The highest BCUT2D eigenvalue weighted by Gasteiger charge is 2.13. The minimum Gasteiger partial charge on any atom is -0.496 e. The fourth-order valence-corrected chi connectivity index (χ4v) is 3.63. The van der Waals surface area contributed by atoms with Crippen molar-refractivity contribution in [3.05, 3.63) is 65.6 Å². The number of benzene rings is 2. The molecule has 6 nitrogen and oxygen atoms in total. The molecule has 1 heterocycles. The predicted octanol–water partition coefficient (Wildman–Crippen LogP) is 4.88. The third kappa shape index (κ3) is 5.18. The number of thiazole rings is 1. The first-order valence-electron chi connectivity index (χ1n) is 9.35. The topological polar surface area (TPSA) is 69.7 Å². The maximum atomic E-state index is 12.3. The van der Waals surface area contributed by atoms with Gasteiger partial charge in [-0.25, -0.2) is 4.98 Å². The number of rotatable bonds is 9. The Morgan fingerprint density at radius 2 is 1.90 bits per heavy atom. The highest BCUT2D eigenvalue weighted by Crippen LogP contribution is 2.33. The lowest BCUT2D eigenvalue weighted by atomic mass is 10.1. The van der Waals surface area contributed by atoms with Crippen molar-refractivity contribution in [3.8, 4) is 28.5 Å². The summed E-state index contributed by atoms with van der Waals surface area (Å²) in [5.41, 5.74) is 3.79. The first kappa shape index (κ1) is 21.4. The molecule has 0 bridgehead atoms. The minimum atomic E-state index is -0.302. The summed E-state index contributed by atoms with van der Waals surface area (Å²) in [7, 11) is 3.19. The van der Waals surface area contributed by atoms with Crippen LogP contribution in [0.3, 0.4) is 0 Å². The van der Waals surface area contributed by atoms with Gasteiger partial charge in [-0.3, -0.25) is 10.1 Å². The van der Waals surface area contributed by atoms with Gasteiger partial charge >= 0.3 is 0 Å². The number of aryl methyl sites for hydroxylation is 1. The summed E-state index contributed by atoms with van der Waals surface area (Å²) >= 11 is 1.35. The van der Waals surface area contributed by atoms with E-state index < -0.39 is 0 Å². The van der Waals surface area contributed by atoms with Gasteiger partial charge in [0.25, 0.3) is 5.91 Å². The number of nitrogens with one attached hydrogen (secondary N) is 1. The second kappa shape index (κ2) is 9.93. The standard InChI is InChI=1S/C23H24N2O4S/c1-5-6-16-8-10-20(21(12-16)28-4)29-13-22(26)25-23-24-18(14-30-23)17-11-15(2)7-9-19(17)27-3/h5,7-12,14H,1,6,13H2,2-4H3,(H,24,25,26). The van der Waals surface area contributed by atoms with E-state index in [0.29, 0.717) is 16.6 Å². The minimum absolute atomic E-state index is 0.153. The summed E-state index contributed by atoms with van der Waals surface area (Å²) in [6.07, 6.45) is 2.55. The van der Waals surface area contributed by atoms with Crippen LogP contribution in [-0.4, -0.2) is 31.7 Å². The Bertz CT molecular complexity index is 1050. The van der Waals surface area contributed by atoms with E-state index in [0.717, 1.165) is 34.6 Å². The van der Waals surface area contributed by atoms with Crippen LogP contribution in [0.25, 0.3) is 11.3 Å². The third-order valence-electron chi connectivity index (χ3n) is 4.35. The fourth-order valence-electron chi connectivity index (χ4n) is 2.90. The van der Waals surface area contributed by atoms with Crippen LogP contribution in [0.2, 0.25) is 0 Å². The Hall–Kier alpha value is -3.32. The number of ether oxygens (including phenoxy) is 3. The molecule has 7 heteroatoms. The molecule has 0 spiro atoms. The summed E-state index contributed by atoms with van der Waals surface area (Å²) in [6, 6.07) is 11.5. The first-order chi connectivity index (χ1) is 14.5. The molecule has 30 heavy (non-hydrogen) atoms. The number of methoxy groups -OCH3 is 2. The lowest BCUT2D eigenvalue weighted by Crippen LogP contribution is -2.20. The van der Waals surface area contributed by atoms with Gasteiger partial charge in [-0.1, -0.05) is 23.8 Å². The van der Waals surface area contributed by atoms with Gasteiger partial charge in [0.1, 0.15) is 5.75 Å². The van der Waals surface area contributed by atoms with E-state index in [2.05, 4.69) is 16.9 Å². The van der Waals surface area contributed by atoms with Crippen molar-refractivity contribution in [3.63, 3.8) is 0 Å². The Morgan fingerprint density at radius 1 is 1.13 bits per heavy atom. The van der Waals surface area contributed by atoms with E-state index in [1.807, 2.05) is 48.7 Å². The average Bonchev–Trinajstić information content (AvgIpc) is 3.21. The van der Waals surface area contributed by atoms with Crippen LogP contribution >= 0.6 is 11.3 Å². The van der Waals surface area contributed by atoms with Crippen molar-refractivity contribution >= 4 is 22.4 Å². The van der Waals surface area contributed by atoms with Crippen LogP contribution in [0.15, 0.2) is 54.4 Å². The quantitative estimate of drug-likeness (QED) is 0.496. The molecule has 1 N–H and O–H groups in total. The van der Waals surface area contributed by atoms with E-state index >= 15 is 0 Å². The molecule has 0 atom stereocenters. The molecule has 2 aromatic carbocycles. The van der Waals surface area contributed by atoms with Crippen molar-refractivity contribution in [1.29, 1.82) is 0 Å². The molecule has 0 radical (unpaired) electrons. The molecule has 0 aliphatic rings. The molecule has 3 rings (SSSR count). The van der Waals surface area contributed by atoms with Gasteiger partial charge in [-0.2, -0.15) is 0 Å². The molecule has 0 aliphatic heterocycles. The Labute approximate surface area is 180 Å². The summed E-state index contributed by atoms with van der Waals surface area (Å²) in [5, 5.41) is 5.15. The molecule has 156 valence electrons. The van der Waals surface area contributed by atoms with Crippen LogP contribution in [0.4, 0.5) is 5.13 Å². The molecule has 0 fully saturated rings. The number of anilines is 1. The molecule has 0 saturated carbocycles. The largest absolute Gasteiger partial charge is 0.496 e. The number of nitrogens with zero attached hydrogens (tertiary/aromatic N) is 1. The lowest BCUT2D eigenvalue weighted by molar-refractivity contribution is -0.118. The molecule has 1 aromatic heterocycles. The summed E-state index contributed by atoms with van der Waals surface area (Å²) in [4.78, 5) is 16.8. The number of amides is 1. The molecular weight excluding hydrogens is 400 g/mol. The number of carbonyl (C=O) groups excluding carboxylic acids is 1. The highest BCUT2D eigenvalue weighted by atomic mass is 32.1. The molecule has 0 unspecified atom stereocenters. The van der Waals surface area contributed by atoms with Gasteiger partial charge in [0.2, 0.25) is 0 Å². The van der Waals surface area contributed by atoms with E-state index in [4.69, 9.17) is 14.2 Å². The number of hydrogen-bond acceptors (Lipinski definition) is 6. The maximum Gasteiger partial charge on any atom is 0.264 e. The van der Waals surface area contributed by atoms with E-state index in [1.54, 1.807) is 20.3 Å². The van der Waals surface area contributed by atoms with Crippen molar-refractivity contribution < 1.29 is 19.0 Å². The molecular formula is C23H24N2O4S. The molecule has 0 aliphatic carbocycles. The smallest absolute Gasteiger partial charge is 0.264 e. The maximum absolute atomic E-state index is 12.3. The zero-order valence-corrected chi connectivity index (χ0v) is 18.0. The van der Waals surface area contributed by atoms with Crippen LogP contribution in [0, 0.1) is 6.92 Å². The van der Waals surface area contributed by atoms with Crippen LogP contribution in [-0.2, 0) is 11.2 Å². The summed E-state index contributed by atoms with van der Waals surface area (Å²) < 4.78 is 16.4. The highest BCUT2D eigenvalue weighted by molar-refractivity contribution is 7.14. The van der Waals surface area contributed by atoms with Gasteiger partial charge in [0.15, 0.2) is 23.2 Å². The van der Waals surface area contributed by atoms with Crippen molar-refractivity contribution in [2.75, 3.05) is 26.1 Å². The predicted molar refractivity (Wildman–Crippen MR) is 120 cm³/mol. The molecule has 1 amide bonds. The Morgan fingerprint density at radius 3 is 2.63 bits per heavy atom. The van der Waals surface area contributed by atoms with Gasteiger partial charge < -0.3 is 14.2 Å². The fraction of sp³-hybridized carbons (Fsp3) is 0.217. The Balaban J connectivity index is 1.64. The van der Waals surface area contributed by atoms with Crippen LogP contribution in [0.1, 0.15) is 11.1 Å². The second-order valence-electron chi connectivity index (χ2n) is 6.56. The first-order valence-corrected chi connectivity index (χ1v) is 10.2. The van der Waals surface area contributed by atoms with Crippen LogP contribution < -0.4 is 19.5 Å². The summed E-state index contributed by atoms with van der Waals surface area (Å²) in [6.45, 7) is 5.59. The Kier molecular flexibility index (Phi) is 7.08. The van der Waals surface area contributed by atoms with Gasteiger partial charge in [-0.15, -0.1) is 17.9 Å².